The van der Waals surface area contributed by atoms with Gasteiger partial charge in [0.05, 0.1) is 0 Å². The lowest BCUT2D eigenvalue weighted by atomic mass is 10.1. The summed E-state index contributed by atoms with van der Waals surface area (Å²) in [5, 5.41) is 6.90. The quantitative estimate of drug-likeness (QED) is 0.863. The van der Waals surface area contributed by atoms with Crippen LogP contribution in [-0.2, 0) is 0 Å². The standard InChI is InChI=1S/C14H22N4O/c1-18(2)14(19)13-10-12(6-9-16-13)17-11-4-3-7-15-8-5-11/h6,9-11,15H,3-5,7-8H2,1-2H3,(H,16,17). The third kappa shape index (κ3) is 3.92. The molecule has 0 saturated carbocycles. The van der Waals surface area contributed by atoms with Crippen molar-refractivity contribution in [2.24, 2.45) is 0 Å². The Bertz CT molecular complexity index is 425. The fourth-order valence-corrected chi connectivity index (χ4v) is 2.27. The Morgan fingerprint density at radius 3 is 3.05 bits per heavy atom. The van der Waals surface area contributed by atoms with E-state index in [9.17, 15) is 4.79 Å². The molecule has 104 valence electrons. The van der Waals surface area contributed by atoms with Gasteiger partial charge in [0.1, 0.15) is 5.69 Å². The van der Waals surface area contributed by atoms with Crippen molar-refractivity contribution in [3.05, 3.63) is 24.0 Å². The summed E-state index contributed by atoms with van der Waals surface area (Å²) < 4.78 is 0. The molecule has 0 aliphatic carbocycles. The molecule has 1 aliphatic heterocycles. The molecule has 2 rings (SSSR count). The van der Waals surface area contributed by atoms with Crippen LogP contribution < -0.4 is 10.6 Å². The fourth-order valence-electron chi connectivity index (χ4n) is 2.27. The minimum atomic E-state index is -0.0637. The molecule has 19 heavy (non-hydrogen) atoms. The van der Waals surface area contributed by atoms with E-state index in [0.717, 1.165) is 31.6 Å². The number of pyridine rings is 1. The van der Waals surface area contributed by atoms with E-state index >= 15 is 0 Å². The van der Waals surface area contributed by atoms with Gasteiger partial charge in [-0.3, -0.25) is 9.78 Å². The largest absolute Gasteiger partial charge is 0.382 e. The first-order chi connectivity index (χ1) is 9.16. The Morgan fingerprint density at radius 1 is 1.42 bits per heavy atom. The van der Waals surface area contributed by atoms with Gasteiger partial charge in [-0.2, -0.15) is 0 Å². The second kappa shape index (κ2) is 6.52. The molecular weight excluding hydrogens is 240 g/mol. The summed E-state index contributed by atoms with van der Waals surface area (Å²) in [5.74, 6) is -0.0637. The molecule has 0 radical (unpaired) electrons. The molecule has 2 N–H and O–H groups in total. The van der Waals surface area contributed by atoms with Crippen molar-refractivity contribution in [3.8, 4) is 0 Å². The molecule has 1 aliphatic rings. The monoisotopic (exact) mass is 262 g/mol. The number of nitrogens with one attached hydrogen (secondary N) is 2. The van der Waals surface area contributed by atoms with E-state index in [-0.39, 0.29) is 5.91 Å². The number of anilines is 1. The molecule has 5 nitrogen and oxygen atoms in total. The van der Waals surface area contributed by atoms with Crippen LogP contribution in [0.2, 0.25) is 0 Å². The fraction of sp³-hybridized carbons (Fsp3) is 0.571. The lowest BCUT2D eigenvalue weighted by Gasteiger charge is -2.18. The minimum absolute atomic E-state index is 0.0637. The van der Waals surface area contributed by atoms with E-state index in [1.807, 2.05) is 12.1 Å². The van der Waals surface area contributed by atoms with Gasteiger partial charge in [0, 0.05) is 32.0 Å². The van der Waals surface area contributed by atoms with Gasteiger partial charge in [-0.15, -0.1) is 0 Å². The van der Waals surface area contributed by atoms with Crippen molar-refractivity contribution in [2.45, 2.75) is 25.3 Å². The van der Waals surface area contributed by atoms with Gasteiger partial charge in [-0.05, 0) is 44.5 Å². The van der Waals surface area contributed by atoms with Crippen molar-refractivity contribution in [1.29, 1.82) is 0 Å². The zero-order valence-corrected chi connectivity index (χ0v) is 11.6. The third-order valence-corrected chi connectivity index (χ3v) is 3.33. The highest BCUT2D eigenvalue weighted by Gasteiger charge is 2.13. The first-order valence-corrected chi connectivity index (χ1v) is 6.82. The topological polar surface area (TPSA) is 57.3 Å². The van der Waals surface area contributed by atoms with Crippen molar-refractivity contribution in [2.75, 3.05) is 32.5 Å². The van der Waals surface area contributed by atoms with Crippen LogP contribution in [0.1, 0.15) is 29.8 Å². The molecule has 1 fully saturated rings. The number of nitrogens with zero attached hydrogens (tertiary/aromatic N) is 2. The summed E-state index contributed by atoms with van der Waals surface area (Å²) in [5.41, 5.74) is 1.47. The number of aromatic nitrogens is 1. The van der Waals surface area contributed by atoms with Crippen molar-refractivity contribution < 1.29 is 4.79 Å². The molecule has 1 saturated heterocycles. The van der Waals surface area contributed by atoms with Gasteiger partial charge in [-0.25, -0.2) is 0 Å². The second-order valence-electron chi connectivity index (χ2n) is 5.15. The van der Waals surface area contributed by atoms with E-state index in [1.54, 1.807) is 25.2 Å². The molecular formula is C14H22N4O. The number of carbonyl (C=O) groups is 1. The third-order valence-electron chi connectivity index (χ3n) is 3.33. The molecule has 0 bridgehead atoms. The number of hydrogen-bond acceptors (Lipinski definition) is 4. The number of rotatable bonds is 3. The van der Waals surface area contributed by atoms with Crippen molar-refractivity contribution >= 4 is 11.6 Å². The molecule has 0 aromatic carbocycles. The SMILES string of the molecule is CN(C)C(=O)c1cc(NC2CCCNCC2)ccn1. The summed E-state index contributed by atoms with van der Waals surface area (Å²) in [6, 6.07) is 4.23. The first kappa shape index (κ1) is 13.8. The van der Waals surface area contributed by atoms with Crippen LogP contribution in [0.4, 0.5) is 5.69 Å². The highest BCUT2D eigenvalue weighted by Crippen LogP contribution is 2.15. The predicted octanol–water partition coefficient (Wildman–Crippen LogP) is 1.34. The van der Waals surface area contributed by atoms with E-state index in [4.69, 9.17) is 0 Å². The van der Waals surface area contributed by atoms with Gasteiger partial charge in [0.2, 0.25) is 0 Å². The van der Waals surface area contributed by atoms with Gasteiger partial charge >= 0.3 is 0 Å². The smallest absolute Gasteiger partial charge is 0.272 e. The predicted molar refractivity (Wildman–Crippen MR) is 76.4 cm³/mol. The van der Waals surface area contributed by atoms with E-state index in [2.05, 4.69) is 15.6 Å². The van der Waals surface area contributed by atoms with Crippen molar-refractivity contribution in [1.82, 2.24) is 15.2 Å². The molecule has 1 aromatic heterocycles. The van der Waals surface area contributed by atoms with E-state index < -0.39 is 0 Å². The normalized spacial score (nSPS) is 19.6. The van der Waals surface area contributed by atoms with E-state index in [0.29, 0.717) is 11.7 Å². The molecule has 1 aromatic rings. The summed E-state index contributed by atoms with van der Waals surface area (Å²) in [7, 11) is 3.47. The van der Waals surface area contributed by atoms with Gasteiger partial charge in [0.25, 0.3) is 5.91 Å². The number of amides is 1. The Morgan fingerprint density at radius 2 is 2.26 bits per heavy atom. The van der Waals surface area contributed by atoms with Crippen LogP contribution in [0.25, 0.3) is 0 Å². The molecule has 0 spiro atoms. The summed E-state index contributed by atoms with van der Waals surface area (Å²) >= 11 is 0. The zero-order valence-electron chi connectivity index (χ0n) is 11.6. The average molecular weight is 262 g/mol. The van der Waals surface area contributed by atoms with Crippen LogP contribution in [0.5, 0.6) is 0 Å². The Labute approximate surface area is 114 Å². The van der Waals surface area contributed by atoms with Crippen LogP contribution in [0.15, 0.2) is 18.3 Å². The second-order valence-corrected chi connectivity index (χ2v) is 5.15. The first-order valence-electron chi connectivity index (χ1n) is 6.82. The Hall–Kier alpha value is -1.62. The maximum absolute atomic E-state index is 11.9. The van der Waals surface area contributed by atoms with Crippen molar-refractivity contribution in [3.63, 3.8) is 0 Å². The lowest BCUT2D eigenvalue weighted by molar-refractivity contribution is 0.0822. The van der Waals surface area contributed by atoms with Crippen LogP contribution in [-0.4, -0.2) is 49.0 Å². The lowest BCUT2D eigenvalue weighted by Crippen LogP contribution is -2.24. The Balaban J connectivity index is 2.04. The minimum Gasteiger partial charge on any atom is -0.382 e. The summed E-state index contributed by atoms with van der Waals surface area (Å²) in [6.07, 6.45) is 5.14. The van der Waals surface area contributed by atoms with Gasteiger partial charge in [0.15, 0.2) is 0 Å². The van der Waals surface area contributed by atoms with Crippen LogP contribution in [0, 0.1) is 0 Å². The highest BCUT2D eigenvalue weighted by molar-refractivity contribution is 5.92. The highest BCUT2D eigenvalue weighted by atomic mass is 16.2. The maximum atomic E-state index is 11.9. The maximum Gasteiger partial charge on any atom is 0.272 e. The summed E-state index contributed by atoms with van der Waals surface area (Å²) in [4.78, 5) is 17.5. The molecule has 1 unspecified atom stereocenters. The Kier molecular flexibility index (Phi) is 4.74. The molecule has 1 atom stereocenters. The van der Waals surface area contributed by atoms with Crippen LogP contribution >= 0.6 is 0 Å². The number of carbonyl (C=O) groups excluding carboxylic acids is 1. The zero-order chi connectivity index (χ0) is 13.7. The van der Waals surface area contributed by atoms with E-state index in [1.165, 1.54) is 6.42 Å². The summed E-state index contributed by atoms with van der Waals surface area (Å²) in [6.45, 7) is 2.14. The number of hydrogen-bond donors (Lipinski definition) is 2. The van der Waals surface area contributed by atoms with Crippen LogP contribution in [0.3, 0.4) is 0 Å². The molecule has 1 amide bonds. The van der Waals surface area contributed by atoms with Gasteiger partial charge < -0.3 is 15.5 Å². The molecule has 5 heteroatoms. The average Bonchev–Trinajstić information content (AvgIpc) is 2.66. The van der Waals surface area contributed by atoms with Gasteiger partial charge in [-0.1, -0.05) is 0 Å². The molecule has 2 heterocycles.